The first-order valence-corrected chi connectivity index (χ1v) is 7.11. The molecular formula is C16H21NO2. The van der Waals surface area contributed by atoms with E-state index in [-0.39, 0.29) is 0 Å². The van der Waals surface area contributed by atoms with Crippen LogP contribution in [-0.4, -0.2) is 29.1 Å². The zero-order chi connectivity index (χ0) is 13.5. The summed E-state index contributed by atoms with van der Waals surface area (Å²) in [7, 11) is 0. The summed E-state index contributed by atoms with van der Waals surface area (Å²) >= 11 is 0. The van der Waals surface area contributed by atoms with Crippen LogP contribution >= 0.6 is 0 Å². The number of nitrogens with zero attached hydrogens (tertiary/aromatic N) is 1. The summed E-state index contributed by atoms with van der Waals surface area (Å²) in [5.41, 5.74) is 0.427. The van der Waals surface area contributed by atoms with Gasteiger partial charge in [0.15, 0.2) is 0 Å². The number of aliphatic carboxylic acids is 1. The highest BCUT2D eigenvalue weighted by atomic mass is 16.4. The number of likely N-dealkylation sites (tertiary alicyclic amines) is 1. The maximum absolute atomic E-state index is 11.8. The molecule has 3 nitrogen and oxygen atoms in total. The first kappa shape index (κ1) is 12.7. The van der Waals surface area contributed by atoms with Crippen LogP contribution in [0.5, 0.6) is 0 Å². The van der Waals surface area contributed by atoms with E-state index in [0.29, 0.717) is 5.41 Å². The summed E-state index contributed by atoms with van der Waals surface area (Å²) in [6.07, 6.45) is 5.16. The Bertz CT molecular complexity index is 471. The number of benzene rings is 1. The van der Waals surface area contributed by atoms with Gasteiger partial charge in [-0.25, -0.2) is 4.79 Å². The van der Waals surface area contributed by atoms with E-state index in [1.54, 1.807) is 0 Å². The molecule has 0 radical (unpaired) electrons. The molecule has 0 aromatic heterocycles. The SMILES string of the molecule is CC(C(=O)O)(c1ccccc1)N1CC2(CCCC2)C1. The van der Waals surface area contributed by atoms with Gasteiger partial charge in [-0.05, 0) is 30.7 Å². The molecule has 1 atom stereocenters. The highest BCUT2D eigenvalue weighted by Gasteiger charge is 2.54. The molecule has 1 N–H and O–H groups in total. The largest absolute Gasteiger partial charge is 0.480 e. The van der Waals surface area contributed by atoms with Gasteiger partial charge in [0, 0.05) is 13.1 Å². The Morgan fingerprint density at radius 2 is 1.79 bits per heavy atom. The highest BCUT2D eigenvalue weighted by molar-refractivity contribution is 5.80. The molecule has 1 heterocycles. The lowest BCUT2D eigenvalue weighted by atomic mass is 9.73. The van der Waals surface area contributed by atoms with Crippen molar-refractivity contribution in [3.8, 4) is 0 Å². The van der Waals surface area contributed by atoms with Gasteiger partial charge >= 0.3 is 5.97 Å². The Kier molecular flexibility index (Phi) is 2.90. The highest BCUT2D eigenvalue weighted by Crippen LogP contribution is 2.49. The number of carboxylic acid groups (broad SMARTS) is 1. The van der Waals surface area contributed by atoms with Gasteiger partial charge in [0.05, 0.1) is 0 Å². The van der Waals surface area contributed by atoms with Crippen molar-refractivity contribution in [2.45, 2.75) is 38.1 Å². The molecule has 1 aliphatic heterocycles. The van der Waals surface area contributed by atoms with Gasteiger partial charge in [0.25, 0.3) is 0 Å². The van der Waals surface area contributed by atoms with Crippen LogP contribution in [0.25, 0.3) is 0 Å². The van der Waals surface area contributed by atoms with Crippen molar-refractivity contribution in [2.24, 2.45) is 5.41 Å². The smallest absolute Gasteiger partial charge is 0.328 e. The Morgan fingerprint density at radius 1 is 1.21 bits per heavy atom. The van der Waals surface area contributed by atoms with E-state index in [4.69, 9.17) is 0 Å². The topological polar surface area (TPSA) is 40.5 Å². The van der Waals surface area contributed by atoms with E-state index < -0.39 is 11.5 Å². The molecule has 1 aromatic carbocycles. The predicted octanol–water partition coefficient (Wildman–Crippen LogP) is 2.86. The van der Waals surface area contributed by atoms with Crippen LogP contribution in [0, 0.1) is 5.41 Å². The third kappa shape index (κ3) is 1.88. The van der Waals surface area contributed by atoms with Crippen molar-refractivity contribution in [1.82, 2.24) is 4.90 Å². The van der Waals surface area contributed by atoms with Crippen molar-refractivity contribution in [3.63, 3.8) is 0 Å². The molecule has 1 unspecified atom stereocenters. The fourth-order valence-electron chi connectivity index (χ4n) is 3.72. The zero-order valence-electron chi connectivity index (χ0n) is 11.4. The second kappa shape index (κ2) is 4.34. The maximum Gasteiger partial charge on any atom is 0.328 e. The van der Waals surface area contributed by atoms with Crippen molar-refractivity contribution in [1.29, 1.82) is 0 Å². The molecule has 19 heavy (non-hydrogen) atoms. The molecule has 3 heteroatoms. The average molecular weight is 259 g/mol. The van der Waals surface area contributed by atoms with Crippen LogP contribution in [0.3, 0.4) is 0 Å². The van der Waals surface area contributed by atoms with Crippen molar-refractivity contribution in [2.75, 3.05) is 13.1 Å². The molecule has 0 bridgehead atoms. The predicted molar refractivity (Wildman–Crippen MR) is 73.9 cm³/mol. The summed E-state index contributed by atoms with van der Waals surface area (Å²) in [5.74, 6) is -0.744. The van der Waals surface area contributed by atoms with E-state index >= 15 is 0 Å². The molecule has 1 saturated carbocycles. The second-order valence-corrected chi connectivity index (χ2v) is 6.31. The number of hydrogen-bond acceptors (Lipinski definition) is 2. The minimum absolute atomic E-state index is 0.422. The van der Waals surface area contributed by atoms with Crippen molar-refractivity contribution < 1.29 is 9.90 Å². The molecule has 1 aliphatic carbocycles. The van der Waals surface area contributed by atoms with Crippen LogP contribution in [0.1, 0.15) is 38.2 Å². The minimum atomic E-state index is -0.880. The standard InChI is InChI=1S/C16H21NO2/c1-15(14(18)19,13-7-3-2-4-8-13)17-11-16(12-17)9-5-6-10-16/h2-4,7-8H,5-6,9-12H2,1H3,(H,18,19). The second-order valence-electron chi connectivity index (χ2n) is 6.31. The van der Waals surface area contributed by atoms with Gasteiger partial charge in [-0.1, -0.05) is 43.2 Å². The van der Waals surface area contributed by atoms with E-state index in [1.165, 1.54) is 25.7 Å². The van der Waals surface area contributed by atoms with Gasteiger partial charge < -0.3 is 5.11 Å². The molecule has 1 saturated heterocycles. The first-order chi connectivity index (χ1) is 9.07. The lowest BCUT2D eigenvalue weighted by Crippen LogP contribution is -2.64. The fourth-order valence-corrected chi connectivity index (χ4v) is 3.72. The quantitative estimate of drug-likeness (QED) is 0.907. The zero-order valence-corrected chi connectivity index (χ0v) is 11.4. The maximum atomic E-state index is 11.8. The number of hydrogen-bond donors (Lipinski definition) is 1. The third-order valence-corrected chi connectivity index (χ3v) is 5.10. The summed E-state index contributed by atoms with van der Waals surface area (Å²) in [4.78, 5) is 14.0. The molecule has 2 aliphatic rings. The van der Waals surface area contributed by atoms with Crippen LogP contribution in [0.2, 0.25) is 0 Å². The third-order valence-electron chi connectivity index (χ3n) is 5.10. The Balaban J connectivity index is 1.85. The van der Waals surface area contributed by atoms with E-state index in [9.17, 15) is 9.90 Å². The first-order valence-electron chi connectivity index (χ1n) is 7.11. The molecule has 102 valence electrons. The van der Waals surface area contributed by atoms with Gasteiger partial charge in [0.2, 0.25) is 0 Å². The number of carbonyl (C=O) groups is 1. The summed E-state index contributed by atoms with van der Waals surface area (Å²) in [6, 6.07) is 9.62. The van der Waals surface area contributed by atoms with Crippen molar-refractivity contribution >= 4 is 5.97 Å². The number of carboxylic acids is 1. The van der Waals surface area contributed by atoms with Crippen LogP contribution in [-0.2, 0) is 10.3 Å². The van der Waals surface area contributed by atoms with Crippen LogP contribution < -0.4 is 0 Å². The van der Waals surface area contributed by atoms with Crippen LogP contribution in [0.15, 0.2) is 30.3 Å². The van der Waals surface area contributed by atoms with Gasteiger partial charge in [0.1, 0.15) is 5.54 Å². The van der Waals surface area contributed by atoms with Gasteiger partial charge in [-0.3, -0.25) is 4.90 Å². The average Bonchev–Trinajstić information content (AvgIpc) is 2.86. The summed E-state index contributed by atoms with van der Waals surface area (Å²) in [6.45, 7) is 3.71. The Morgan fingerprint density at radius 3 is 2.32 bits per heavy atom. The lowest BCUT2D eigenvalue weighted by Gasteiger charge is -2.55. The lowest BCUT2D eigenvalue weighted by molar-refractivity contribution is -0.162. The van der Waals surface area contributed by atoms with E-state index in [2.05, 4.69) is 4.90 Å². The normalized spacial score (nSPS) is 24.9. The number of rotatable bonds is 3. The van der Waals surface area contributed by atoms with E-state index in [1.807, 2.05) is 37.3 Å². The van der Waals surface area contributed by atoms with Gasteiger partial charge in [-0.2, -0.15) is 0 Å². The molecule has 0 amide bonds. The van der Waals surface area contributed by atoms with Gasteiger partial charge in [-0.15, -0.1) is 0 Å². The summed E-state index contributed by atoms with van der Waals surface area (Å²) < 4.78 is 0. The summed E-state index contributed by atoms with van der Waals surface area (Å²) in [5, 5.41) is 9.71. The monoisotopic (exact) mass is 259 g/mol. The van der Waals surface area contributed by atoms with Crippen LogP contribution in [0.4, 0.5) is 0 Å². The Hall–Kier alpha value is -1.35. The molecular weight excluding hydrogens is 238 g/mol. The molecule has 1 spiro atoms. The molecule has 2 fully saturated rings. The van der Waals surface area contributed by atoms with E-state index in [0.717, 1.165) is 18.7 Å². The molecule has 1 aromatic rings. The van der Waals surface area contributed by atoms with Crippen molar-refractivity contribution in [3.05, 3.63) is 35.9 Å². The molecule has 3 rings (SSSR count). The minimum Gasteiger partial charge on any atom is -0.480 e. The fraction of sp³-hybridized carbons (Fsp3) is 0.562. The Labute approximate surface area is 114 Å².